The number of rotatable bonds is 18. The lowest BCUT2D eigenvalue weighted by atomic mass is 10.1. The van der Waals surface area contributed by atoms with Gasteiger partial charge in [0.25, 0.3) is 0 Å². The van der Waals surface area contributed by atoms with Crippen molar-refractivity contribution in [3.05, 3.63) is 206 Å². The Morgan fingerprint density at radius 2 is 0.778 bits per heavy atom. The Labute approximate surface area is 313 Å². The zero-order chi connectivity index (χ0) is 37.8. The lowest BCUT2D eigenvalue weighted by molar-refractivity contribution is -0.193. The van der Waals surface area contributed by atoms with Gasteiger partial charge in [-0.1, -0.05) is 86.0 Å². The monoisotopic (exact) mass is 738 g/mol. The molecule has 0 aliphatic carbocycles. The predicted molar refractivity (Wildman–Crippen MR) is 206 cm³/mol. The van der Waals surface area contributed by atoms with Crippen LogP contribution in [-0.2, 0) is 4.57 Å². The molecule has 0 radical (unpaired) electrons. The van der Waals surface area contributed by atoms with E-state index in [2.05, 4.69) is 13.2 Å². The quantitative estimate of drug-likeness (QED) is 0.0369. The normalized spacial score (nSPS) is 12.9. The Kier molecular flexibility index (Phi) is 11.7. The van der Waals surface area contributed by atoms with Gasteiger partial charge in [0.2, 0.25) is 0 Å². The van der Waals surface area contributed by atoms with Crippen molar-refractivity contribution in [1.29, 1.82) is 0 Å². The number of carbonyl (C=O) groups excluding carboxylic acids is 2. The molecular weight excluding hydrogens is 703 g/mol. The van der Waals surface area contributed by atoms with Gasteiger partial charge in [-0.3, -0.25) is 9.59 Å². The Bertz CT molecular complexity index is 2170. The van der Waals surface area contributed by atoms with E-state index in [1.54, 1.807) is 109 Å². The molecule has 0 saturated carbocycles. The van der Waals surface area contributed by atoms with Crippen LogP contribution in [0.15, 0.2) is 195 Å². The maximum atomic E-state index is 16.3. The van der Waals surface area contributed by atoms with Crippen molar-refractivity contribution in [1.82, 2.24) is 0 Å². The minimum absolute atomic E-state index is 0.0320. The van der Waals surface area contributed by atoms with Gasteiger partial charge in [-0.05, 0) is 109 Å². The summed E-state index contributed by atoms with van der Waals surface area (Å²) in [5, 5.41) is 0. The van der Waals surface area contributed by atoms with Crippen LogP contribution in [0.3, 0.4) is 0 Å². The second kappa shape index (κ2) is 17.1. The molecule has 10 heteroatoms. The highest BCUT2D eigenvalue weighted by Crippen LogP contribution is 2.62. The van der Waals surface area contributed by atoms with E-state index in [9.17, 15) is 9.59 Å². The molecule has 2 atom stereocenters. The standard InChI is InChI=1S/C44H35O9P/c1-3-41(45)33-25-29-38(30-26-33)51-44(50-37-21-13-7-14-22-37,43(48-35-17-9-5-10-18-35)49-36-19-11-6-12-20-36)54(47,52-39-23-15-8-16-24-39)53-40-31-27-34(28-32-40)42(46)4-2/h3-32,43H,1-2H2. The Morgan fingerprint density at radius 1 is 0.463 bits per heavy atom. The third-order valence-corrected chi connectivity index (χ3v) is 9.83. The fraction of sp³-hybridized carbons (Fsp3) is 0.0455. The van der Waals surface area contributed by atoms with Crippen molar-refractivity contribution < 1.29 is 42.1 Å². The molecule has 9 nitrogen and oxygen atoms in total. The van der Waals surface area contributed by atoms with Crippen LogP contribution in [0.5, 0.6) is 34.5 Å². The molecule has 0 bridgehead atoms. The number of ketones is 2. The number of allylic oxidation sites excluding steroid dienone is 2. The molecule has 54 heavy (non-hydrogen) atoms. The molecule has 0 N–H and O–H groups in total. The van der Waals surface area contributed by atoms with E-state index in [-0.39, 0.29) is 34.6 Å². The average molecular weight is 739 g/mol. The fourth-order valence-electron chi connectivity index (χ4n) is 5.11. The largest absolute Gasteiger partial charge is 0.524 e. The molecule has 0 spiro atoms. The van der Waals surface area contributed by atoms with Gasteiger partial charge in [-0.2, -0.15) is 0 Å². The molecule has 0 aromatic heterocycles. The summed E-state index contributed by atoms with van der Waals surface area (Å²) in [6.45, 7) is 7.13. The van der Waals surface area contributed by atoms with Crippen LogP contribution in [0.2, 0.25) is 0 Å². The second-order valence-corrected chi connectivity index (χ2v) is 13.5. The summed E-state index contributed by atoms with van der Waals surface area (Å²) < 4.78 is 55.8. The SMILES string of the molecule is C=CC(=O)c1ccc(OC(Oc2ccccc2)(C(Oc2ccccc2)Oc2ccccc2)P(=O)(Oc2ccccc2)Oc2ccc(C(=O)C=C)cc2)cc1. The molecule has 0 saturated heterocycles. The van der Waals surface area contributed by atoms with E-state index in [1.807, 2.05) is 12.1 Å². The molecule has 0 amide bonds. The van der Waals surface area contributed by atoms with Gasteiger partial charge in [-0.15, -0.1) is 0 Å². The maximum Gasteiger partial charge on any atom is 0.524 e. The molecule has 6 rings (SSSR count). The van der Waals surface area contributed by atoms with Crippen molar-refractivity contribution in [2.24, 2.45) is 0 Å². The highest BCUT2D eigenvalue weighted by molar-refractivity contribution is 7.56. The third kappa shape index (κ3) is 8.78. The van der Waals surface area contributed by atoms with Crippen LogP contribution in [0, 0.1) is 0 Å². The zero-order valence-electron chi connectivity index (χ0n) is 28.9. The summed E-state index contributed by atoms with van der Waals surface area (Å²) >= 11 is 0. The van der Waals surface area contributed by atoms with Crippen molar-refractivity contribution in [3.63, 3.8) is 0 Å². The molecule has 0 heterocycles. The van der Waals surface area contributed by atoms with Crippen molar-refractivity contribution in [2.75, 3.05) is 0 Å². The minimum atomic E-state index is -5.03. The van der Waals surface area contributed by atoms with E-state index < -0.39 is 19.4 Å². The van der Waals surface area contributed by atoms with E-state index >= 15 is 4.57 Å². The van der Waals surface area contributed by atoms with Gasteiger partial charge in [-0.25, -0.2) is 4.57 Å². The summed E-state index contributed by atoms with van der Waals surface area (Å²) in [7, 11) is -5.03. The van der Waals surface area contributed by atoms with E-state index in [0.717, 1.165) is 0 Å². The summed E-state index contributed by atoms with van der Waals surface area (Å²) in [6, 6.07) is 46.2. The number of para-hydroxylation sites is 4. The Morgan fingerprint density at radius 3 is 1.17 bits per heavy atom. The smallest absolute Gasteiger partial charge is 0.447 e. The minimum Gasteiger partial charge on any atom is -0.447 e. The van der Waals surface area contributed by atoms with Crippen LogP contribution >= 0.6 is 7.60 Å². The first-order valence-electron chi connectivity index (χ1n) is 16.8. The van der Waals surface area contributed by atoms with Gasteiger partial charge < -0.3 is 28.0 Å². The maximum absolute atomic E-state index is 16.3. The predicted octanol–water partition coefficient (Wildman–Crippen LogP) is 10.4. The van der Waals surface area contributed by atoms with E-state index in [1.165, 1.54) is 60.7 Å². The van der Waals surface area contributed by atoms with Crippen molar-refractivity contribution in [2.45, 2.75) is 11.8 Å². The van der Waals surface area contributed by atoms with Gasteiger partial charge in [0.1, 0.15) is 34.5 Å². The van der Waals surface area contributed by atoms with Crippen LogP contribution in [0.1, 0.15) is 20.7 Å². The molecular formula is C44H35O9P. The number of benzene rings is 6. The van der Waals surface area contributed by atoms with Crippen LogP contribution in [-0.4, -0.2) is 23.4 Å². The number of hydrogen-bond acceptors (Lipinski definition) is 9. The molecule has 270 valence electrons. The third-order valence-electron chi connectivity index (χ3n) is 7.77. The lowest BCUT2D eigenvalue weighted by Gasteiger charge is -2.41. The molecule has 2 unspecified atom stereocenters. The summed E-state index contributed by atoms with van der Waals surface area (Å²) in [4.78, 5) is 24.9. The summed E-state index contributed by atoms with van der Waals surface area (Å²) in [5.41, 5.74) is -2.00. The Balaban J connectivity index is 1.63. The average Bonchev–Trinajstić information content (AvgIpc) is 3.21. The van der Waals surface area contributed by atoms with Crippen LogP contribution in [0.4, 0.5) is 0 Å². The van der Waals surface area contributed by atoms with Crippen molar-refractivity contribution in [3.8, 4) is 34.5 Å². The van der Waals surface area contributed by atoms with Crippen molar-refractivity contribution >= 4 is 19.2 Å². The second-order valence-electron chi connectivity index (χ2n) is 11.5. The van der Waals surface area contributed by atoms with Gasteiger partial charge >= 0.3 is 19.4 Å². The molecule has 0 aliphatic rings. The number of ether oxygens (including phenoxy) is 4. The van der Waals surface area contributed by atoms with Crippen LogP contribution in [0.25, 0.3) is 0 Å². The molecule has 0 aliphatic heterocycles. The topological polar surface area (TPSA) is 107 Å². The zero-order valence-corrected chi connectivity index (χ0v) is 29.8. The van der Waals surface area contributed by atoms with Gasteiger partial charge in [0, 0.05) is 11.1 Å². The van der Waals surface area contributed by atoms with E-state index in [0.29, 0.717) is 22.6 Å². The fourth-order valence-corrected chi connectivity index (χ4v) is 7.00. The highest BCUT2D eigenvalue weighted by atomic mass is 31.2. The first-order chi connectivity index (χ1) is 26.3. The van der Waals surface area contributed by atoms with Gasteiger partial charge in [0.05, 0.1) is 0 Å². The summed E-state index contributed by atoms with van der Waals surface area (Å²) in [6.07, 6.45) is 0.625. The first kappa shape index (κ1) is 36.9. The summed E-state index contributed by atoms with van der Waals surface area (Å²) in [5.74, 6) is 0.395. The number of hydrogen-bond donors (Lipinski definition) is 0. The number of carbonyl (C=O) groups is 2. The lowest BCUT2D eigenvalue weighted by Crippen LogP contribution is -2.59. The van der Waals surface area contributed by atoms with Gasteiger partial charge in [0.15, 0.2) is 11.6 Å². The van der Waals surface area contributed by atoms with E-state index in [4.69, 9.17) is 28.0 Å². The highest BCUT2D eigenvalue weighted by Gasteiger charge is 2.69. The Hall–Kier alpha value is -6.83. The molecule has 6 aromatic carbocycles. The van der Waals surface area contributed by atoms with Crippen LogP contribution < -0.4 is 28.0 Å². The molecule has 0 fully saturated rings. The first-order valence-corrected chi connectivity index (χ1v) is 18.3. The molecule has 6 aromatic rings.